The zero-order chi connectivity index (χ0) is 20.1. The zero-order valence-electron chi connectivity index (χ0n) is 15.3. The summed E-state index contributed by atoms with van der Waals surface area (Å²) in [6.07, 6.45) is 0.817. The van der Waals surface area contributed by atoms with Gasteiger partial charge in [0.25, 0.3) is 11.6 Å². The Morgan fingerprint density at radius 2 is 1.90 bits per heavy atom. The minimum Gasteiger partial charge on any atom is -0.351 e. The van der Waals surface area contributed by atoms with Crippen LogP contribution in [0, 0.1) is 10.1 Å². The number of rotatable bonds is 2. The molecule has 8 heteroatoms. The first kappa shape index (κ1) is 17.2. The number of H-pyrrole nitrogens is 1. The molecular weight excluding hydrogens is 372 g/mol. The smallest absolute Gasteiger partial charge is 0.270 e. The summed E-state index contributed by atoms with van der Waals surface area (Å²) >= 11 is 0. The molecule has 2 N–H and O–H groups in total. The minimum atomic E-state index is -0.482. The van der Waals surface area contributed by atoms with E-state index in [4.69, 9.17) is 0 Å². The number of amides is 1. The van der Waals surface area contributed by atoms with Gasteiger partial charge in [-0.25, -0.2) is 0 Å². The van der Waals surface area contributed by atoms with Gasteiger partial charge in [0.2, 0.25) is 0 Å². The number of carbonyl (C=O) groups is 1. The lowest BCUT2D eigenvalue weighted by atomic mass is 9.98. The highest BCUT2D eigenvalue weighted by Crippen LogP contribution is 2.30. The van der Waals surface area contributed by atoms with Crippen LogP contribution in [-0.2, 0) is 6.54 Å². The van der Waals surface area contributed by atoms with Gasteiger partial charge in [-0.1, -0.05) is 18.2 Å². The largest absolute Gasteiger partial charge is 0.351 e. The Morgan fingerprint density at radius 1 is 1.03 bits per heavy atom. The van der Waals surface area contributed by atoms with Gasteiger partial charge in [0, 0.05) is 41.6 Å². The van der Waals surface area contributed by atoms with Crippen molar-refractivity contribution >= 4 is 33.3 Å². The first-order valence-electron chi connectivity index (χ1n) is 9.25. The van der Waals surface area contributed by atoms with Gasteiger partial charge >= 0.3 is 0 Å². The summed E-state index contributed by atoms with van der Waals surface area (Å²) in [7, 11) is 0. The number of aromatic nitrogens is 2. The van der Waals surface area contributed by atoms with Crippen molar-refractivity contribution in [2.75, 3.05) is 6.54 Å². The van der Waals surface area contributed by atoms with Crippen molar-refractivity contribution in [1.82, 2.24) is 15.1 Å². The van der Waals surface area contributed by atoms with Crippen LogP contribution in [0.4, 0.5) is 5.69 Å². The molecule has 0 aliphatic carbocycles. The molecule has 0 unspecified atom stereocenters. The molecule has 8 nitrogen and oxygen atoms in total. The van der Waals surface area contributed by atoms with Gasteiger partial charge in [0.15, 0.2) is 5.43 Å². The van der Waals surface area contributed by atoms with Crippen molar-refractivity contribution in [3.05, 3.63) is 74.6 Å². The first-order valence-corrected chi connectivity index (χ1v) is 9.25. The van der Waals surface area contributed by atoms with Crippen molar-refractivity contribution < 1.29 is 9.72 Å². The second kappa shape index (κ2) is 6.30. The Hall–Kier alpha value is -3.94. The van der Waals surface area contributed by atoms with E-state index in [9.17, 15) is 19.7 Å². The van der Waals surface area contributed by atoms with Crippen LogP contribution in [0.1, 0.15) is 16.9 Å². The lowest BCUT2D eigenvalue weighted by Crippen LogP contribution is -2.23. The number of hydrogen-bond acceptors (Lipinski definition) is 4. The number of nitro groups is 1. The average molecular weight is 388 g/mol. The summed E-state index contributed by atoms with van der Waals surface area (Å²) in [6, 6.07) is 13.0. The summed E-state index contributed by atoms with van der Waals surface area (Å²) in [5, 5.41) is 19.6. The van der Waals surface area contributed by atoms with E-state index in [1.807, 2.05) is 16.8 Å². The predicted octanol–water partition coefficient (Wildman–Crippen LogP) is 3.19. The normalized spacial score (nSPS) is 13.9. The van der Waals surface area contributed by atoms with Crippen LogP contribution in [0.15, 0.2) is 53.3 Å². The van der Waals surface area contributed by atoms with Crippen LogP contribution in [-0.4, -0.2) is 27.2 Å². The van der Waals surface area contributed by atoms with Crippen molar-refractivity contribution in [2.24, 2.45) is 0 Å². The summed E-state index contributed by atoms with van der Waals surface area (Å²) in [5.74, 6) is -0.132. The van der Waals surface area contributed by atoms with E-state index in [0.717, 1.165) is 28.1 Å². The zero-order valence-corrected chi connectivity index (χ0v) is 15.3. The van der Waals surface area contributed by atoms with Crippen molar-refractivity contribution in [1.29, 1.82) is 0 Å². The molecule has 4 aromatic rings. The fraction of sp³-hybridized carbons (Fsp3) is 0.143. The molecule has 5 rings (SSSR count). The van der Waals surface area contributed by atoms with Crippen molar-refractivity contribution in [3.8, 4) is 11.1 Å². The van der Waals surface area contributed by atoms with Crippen LogP contribution in [0.2, 0.25) is 0 Å². The van der Waals surface area contributed by atoms with Crippen LogP contribution in [0.25, 0.3) is 32.8 Å². The molecule has 2 heterocycles. The number of hydrogen-bond donors (Lipinski definition) is 2. The van der Waals surface area contributed by atoms with Gasteiger partial charge in [0.05, 0.1) is 10.4 Å². The van der Waals surface area contributed by atoms with E-state index in [2.05, 4.69) is 10.4 Å². The second-order valence-electron chi connectivity index (χ2n) is 7.09. The van der Waals surface area contributed by atoms with E-state index in [1.165, 1.54) is 18.2 Å². The summed E-state index contributed by atoms with van der Waals surface area (Å²) in [4.78, 5) is 35.8. The summed E-state index contributed by atoms with van der Waals surface area (Å²) < 4.78 is 1.84. The molecular formula is C21H16N4O4. The first-order chi connectivity index (χ1) is 14.0. The molecule has 0 saturated carbocycles. The molecule has 1 aromatic heterocycles. The maximum atomic E-state index is 12.7. The Kier molecular flexibility index (Phi) is 3.73. The Bertz CT molecular complexity index is 1380. The highest BCUT2D eigenvalue weighted by Gasteiger charge is 2.21. The molecule has 144 valence electrons. The average Bonchev–Trinajstić information content (AvgIpc) is 2.99. The Morgan fingerprint density at radius 3 is 2.72 bits per heavy atom. The highest BCUT2D eigenvalue weighted by atomic mass is 16.6. The Balaban J connectivity index is 1.79. The lowest BCUT2D eigenvalue weighted by Gasteiger charge is -2.05. The third-order valence-electron chi connectivity index (χ3n) is 5.32. The monoisotopic (exact) mass is 388 g/mol. The predicted molar refractivity (Wildman–Crippen MR) is 109 cm³/mol. The fourth-order valence-corrected chi connectivity index (χ4v) is 3.95. The molecule has 0 bridgehead atoms. The van der Waals surface area contributed by atoms with Crippen molar-refractivity contribution in [2.45, 2.75) is 13.0 Å². The number of nitro benzene ring substituents is 1. The molecule has 0 radical (unpaired) electrons. The van der Waals surface area contributed by atoms with Gasteiger partial charge in [0.1, 0.15) is 5.69 Å². The summed E-state index contributed by atoms with van der Waals surface area (Å²) in [5.41, 5.74) is 1.92. The van der Waals surface area contributed by atoms with E-state index in [0.29, 0.717) is 29.9 Å². The second-order valence-corrected chi connectivity index (χ2v) is 7.09. The number of non-ortho nitro benzene ring substituents is 1. The maximum Gasteiger partial charge on any atom is 0.270 e. The number of nitrogens with one attached hydrogen (secondary N) is 2. The van der Waals surface area contributed by atoms with Crippen LogP contribution < -0.4 is 10.7 Å². The lowest BCUT2D eigenvalue weighted by molar-refractivity contribution is -0.384. The molecule has 1 aliphatic rings. The molecule has 29 heavy (non-hydrogen) atoms. The van der Waals surface area contributed by atoms with Gasteiger partial charge in [-0.2, -0.15) is 0 Å². The summed E-state index contributed by atoms with van der Waals surface area (Å²) in [6.45, 7) is 1.31. The maximum absolute atomic E-state index is 12.7. The molecule has 3 aromatic carbocycles. The van der Waals surface area contributed by atoms with Crippen LogP contribution >= 0.6 is 0 Å². The number of aryl methyl sites for hydroxylation is 1. The number of aromatic amines is 1. The number of nitrogens with zero attached hydrogens (tertiary/aromatic N) is 2. The van der Waals surface area contributed by atoms with Crippen LogP contribution in [0.3, 0.4) is 0 Å². The topological polar surface area (TPSA) is 110 Å². The van der Waals surface area contributed by atoms with Gasteiger partial charge in [-0.3, -0.25) is 29.5 Å². The van der Waals surface area contributed by atoms with Crippen molar-refractivity contribution in [3.63, 3.8) is 0 Å². The molecule has 0 saturated heterocycles. The molecule has 1 aliphatic heterocycles. The third-order valence-corrected chi connectivity index (χ3v) is 5.32. The van der Waals surface area contributed by atoms with E-state index >= 15 is 0 Å². The van der Waals surface area contributed by atoms with Crippen LogP contribution in [0.5, 0.6) is 0 Å². The third kappa shape index (κ3) is 2.68. The van der Waals surface area contributed by atoms with Gasteiger partial charge in [-0.05, 0) is 35.6 Å². The minimum absolute atomic E-state index is 0.0704. The van der Waals surface area contributed by atoms with E-state index < -0.39 is 4.92 Å². The number of benzene rings is 3. The quantitative estimate of drug-likeness (QED) is 0.406. The molecule has 0 fully saturated rings. The Labute approximate surface area is 163 Å². The fourth-order valence-electron chi connectivity index (χ4n) is 3.95. The molecule has 1 amide bonds. The van der Waals surface area contributed by atoms with E-state index in [1.54, 1.807) is 18.2 Å². The van der Waals surface area contributed by atoms with Gasteiger partial charge in [-0.15, -0.1) is 0 Å². The standard InChI is InChI=1S/C21H16N4O4/c26-18-10-13-5-6-15-19(23-24-8-2-7-22-21(27)20(15)24)17(13)11-16(18)12-3-1-4-14(9-12)25(28)29/h1,3-6,9-11,23H,2,7-8H2,(H,22,27). The van der Waals surface area contributed by atoms with E-state index in [-0.39, 0.29) is 17.0 Å². The molecule has 0 atom stereocenters. The number of fused-ring (bicyclic) bond motifs is 5. The number of carbonyl (C=O) groups excluding carboxylic acids is 1. The SMILES string of the molecule is O=C1NCCCn2[nH]c3c(ccc4cc(=O)c(-c5cccc([N+](=O)[O-])c5)cc43)c21. The molecule has 0 spiro atoms. The highest BCUT2D eigenvalue weighted by molar-refractivity contribution is 6.13. The van der Waals surface area contributed by atoms with Gasteiger partial charge < -0.3 is 5.32 Å².